The number of allylic oxidation sites excluding steroid dienone is 4. The molecule has 9 heteroatoms. The first kappa shape index (κ1) is 18.2. The van der Waals surface area contributed by atoms with E-state index in [0.717, 1.165) is 5.57 Å². The van der Waals surface area contributed by atoms with Gasteiger partial charge in [-0.1, -0.05) is 11.6 Å². The van der Waals surface area contributed by atoms with E-state index in [9.17, 15) is 18.0 Å². The Kier molecular flexibility index (Phi) is 5.41. The van der Waals surface area contributed by atoms with Crippen LogP contribution in [0.15, 0.2) is 57.8 Å². The number of alkyl halides is 2. The number of pyridine rings is 1. The molecule has 0 fully saturated rings. The standard InChI is InChI=1S/C17H13ClF3N3O2/c18-12-7-10(1-3-13(12)19)9-24-16(25)6-4-14(23-24)11-2-5-15(22-8-11)26-17(20)21/h2,4-8,17H,1,3,9H2. The van der Waals surface area contributed by atoms with Crippen LogP contribution in [0.25, 0.3) is 11.3 Å². The molecule has 0 amide bonds. The maximum absolute atomic E-state index is 13.3. The molecule has 5 nitrogen and oxygen atoms in total. The third-order valence-corrected chi connectivity index (χ3v) is 4.03. The molecule has 0 saturated heterocycles. The molecule has 0 bridgehead atoms. The molecule has 136 valence electrons. The topological polar surface area (TPSA) is 57.0 Å². The number of nitrogens with zero attached hydrogens (tertiary/aromatic N) is 3. The molecule has 3 rings (SSSR count). The average molecular weight is 384 g/mol. The third-order valence-electron chi connectivity index (χ3n) is 3.72. The summed E-state index contributed by atoms with van der Waals surface area (Å²) in [4.78, 5) is 15.8. The van der Waals surface area contributed by atoms with Gasteiger partial charge in [0.1, 0.15) is 5.83 Å². The van der Waals surface area contributed by atoms with Crippen LogP contribution in [0.4, 0.5) is 13.2 Å². The quantitative estimate of drug-likeness (QED) is 0.781. The maximum atomic E-state index is 13.3. The van der Waals surface area contributed by atoms with E-state index in [1.165, 1.54) is 41.2 Å². The number of aromatic nitrogens is 3. The molecule has 0 saturated carbocycles. The van der Waals surface area contributed by atoms with Crippen molar-refractivity contribution in [2.75, 3.05) is 0 Å². The third kappa shape index (κ3) is 4.32. The fraction of sp³-hybridized carbons (Fsp3) is 0.235. The molecule has 0 N–H and O–H groups in total. The Morgan fingerprint density at radius 1 is 1.23 bits per heavy atom. The molecule has 0 spiro atoms. The summed E-state index contributed by atoms with van der Waals surface area (Å²) in [5.41, 5.74) is 1.42. The van der Waals surface area contributed by atoms with Crippen LogP contribution in [0.2, 0.25) is 0 Å². The van der Waals surface area contributed by atoms with Gasteiger partial charge in [-0.05, 0) is 30.2 Å². The van der Waals surface area contributed by atoms with Gasteiger partial charge < -0.3 is 4.74 Å². The zero-order valence-corrected chi connectivity index (χ0v) is 14.1. The molecule has 0 aromatic carbocycles. The van der Waals surface area contributed by atoms with Gasteiger partial charge in [-0.25, -0.2) is 14.1 Å². The van der Waals surface area contributed by atoms with Crippen molar-refractivity contribution < 1.29 is 17.9 Å². The fourth-order valence-corrected chi connectivity index (χ4v) is 2.69. The van der Waals surface area contributed by atoms with Crippen molar-refractivity contribution in [3.8, 4) is 17.1 Å². The van der Waals surface area contributed by atoms with Gasteiger partial charge in [0, 0.05) is 30.3 Å². The summed E-state index contributed by atoms with van der Waals surface area (Å²) in [5, 5.41) is 4.29. The zero-order chi connectivity index (χ0) is 18.7. The summed E-state index contributed by atoms with van der Waals surface area (Å²) >= 11 is 5.79. The molecule has 0 radical (unpaired) electrons. The van der Waals surface area contributed by atoms with Crippen LogP contribution in [-0.2, 0) is 6.54 Å². The van der Waals surface area contributed by atoms with E-state index in [1.807, 2.05) is 0 Å². The molecule has 1 aliphatic rings. The van der Waals surface area contributed by atoms with Crippen LogP contribution in [0.1, 0.15) is 12.8 Å². The van der Waals surface area contributed by atoms with E-state index in [2.05, 4.69) is 14.8 Å². The lowest BCUT2D eigenvalue weighted by Gasteiger charge is -2.14. The highest BCUT2D eigenvalue weighted by Gasteiger charge is 2.14. The minimum absolute atomic E-state index is 0.0364. The first-order valence-corrected chi connectivity index (χ1v) is 8.03. The average Bonchev–Trinajstić information content (AvgIpc) is 2.60. The molecule has 0 unspecified atom stereocenters. The number of ether oxygens (including phenoxy) is 1. The molecule has 1 aliphatic carbocycles. The van der Waals surface area contributed by atoms with Crippen LogP contribution in [0.3, 0.4) is 0 Å². The Balaban J connectivity index is 1.84. The monoisotopic (exact) mass is 383 g/mol. The van der Waals surface area contributed by atoms with Gasteiger partial charge in [0.05, 0.1) is 17.3 Å². The Hall–Kier alpha value is -2.61. The van der Waals surface area contributed by atoms with Crippen molar-refractivity contribution in [3.05, 3.63) is 63.3 Å². The highest BCUT2D eigenvalue weighted by Crippen LogP contribution is 2.27. The van der Waals surface area contributed by atoms with E-state index in [1.54, 1.807) is 0 Å². The van der Waals surface area contributed by atoms with Crippen molar-refractivity contribution in [2.24, 2.45) is 0 Å². The molecule has 0 atom stereocenters. The van der Waals surface area contributed by atoms with Crippen LogP contribution in [0.5, 0.6) is 5.88 Å². The summed E-state index contributed by atoms with van der Waals surface area (Å²) in [6.45, 7) is -2.78. The minimum Gasteiger partial charge on any atom is -0.417 e. The van der Waals surface area contributed by atoms with Crippen LogP contribution in [0, 0.1) is 0 Å². The number of rotatable bonds is 5. The van der Waals surface area contributed by atoms with Gasteiger partial charge in [0.25, 0.3) is 5.56 Å². The minimum atomic E-state index is -2.96. The van der Waals surface area contributed by atoms with E-state index in [4.69, 9.17) is 11.6 Å². The molecule has 2 aromatic rings. The lowest BCUT2D eigenvalue weighted by atomic mass is 10.0. The highest BCUT2D eigenvalue weighted by molar-refractivity contribution is 6.31. The Morgan fingerprint density at radius 2 is 2.04 bits per heavy atom. The Morgan fingerprint density at radius 3 is 2.69 bits per heavy atom. The fourth-order valence-electron chi connectivity index (χ4n) is 2.45. The second kappa shape index (κ2) is 7.74. The number of hydrogen-bond donors (Lipinski definition) is 0. The summed E-state index contributed by atoms with van der Waals surface area (Å²) in [6, 6.07) is 5.64. The van der Waals surface area contributed by atoms with Crippen molar-refractivity contribution in [3.63, 3.8) is 0 Å². The molecule has 0 aliphatic heterocycles. The second-order valence-electron chi connectivity index (χ2n) is 5.53. The smallest absolute Gasteiger partial charge is 0.388 e. The number of halogens is 4. The van der Waals surface area contributed by atoms with Crippen molar-refractivity contribution in [1.82, 2.24) is 14.8 Å². The van der Waals surface area contributed by atoms with Gasteiger partial charge in [-0.15, -0.1) is 0 Å². The first-order valence-electron chi connectivity index (χ1n) is 7.65. The van der Waals surface area contributed by atoms with Gasteiger partial charge in [0.2, 0.25) is 5.88 Å². The van der Waals surface area contributed by atoms with Gasteiger partial charge >= 0.3 is 6.61 Å². The van der Waals surface area contributed by atoms with Crippen molar-refractivity contribution in [1.29, 1.82) is 0 Å². The van der Waals surface area contributed by atoms with Crippen molar-refractivity contribution in [2.45, 2.75) is 26.0 Å². The van der Waals surface area contributed by atoms with E-state index >= 15 is 0 Å². The first-order chi connectivity index (χ1) is 12.4. The SMILES string of the molecule is O=c1ccc(-c2ccc(OC(F)F)nc2)nn1CC1=CC(Cl)=C(F)CC1. The van der Waals surface area contributed by atoms with E-state index < -0.39 is 6.61 Å². The van der Waals surface area contributed by atoms with Crippen LogP contribution < -0.4 is 10.3 Å². The summed E-state index contributed by atoms with van der Waals surface area (Å²) in [5.74, 6) is -0.588. The summed E-state index contributed by atoms with van der Waals surface area (Å²) in [6.07, 6.45) is 3.46. The molecular weight excluding hydrogens is 371 g/mol. The predicted molar refractivity (Wildman–Crippen MR) is 89.7 cm³/mol. The largest absolute Gasteiger partial charge is 0.417 e. The van der Waals surface area contributed by atoms with Crippen LogP contribution in [-0.4, -0.2) is 21.4 Å². The van der Waals surface area contributed by atoms with E-state index in [0.29, 0.717) is 17.7 Å². The Labute approximate surface area is 151 Å². The second-order valence-corrected chi connectivity index (χ2v) is 5.94. The van der Waals surface area contributed by atoms with Crippen molar-refractivity contribution >= 4 is 11.6 Å². The Bertz CT molecular complexity index is 924. The molecule has 2 heterocycles. The lowest BCUT2D eigenvalue weighted by Crippen LogP contribution is -2.23. The van der Waals surface area contributed by atoms with Crippen LogP contribution >= 0.6 is 11.6 Å². The summed E-state index contributed by atoms with van der Waals surface area (Å²) < 4.78 is 43.1. The normalized spacial score (nSPS) is 14.6. The maximum Gasteiger partial charge on any atom is 0.388 e. The van der Waals surface area contributed by atoms with Gasteiger partial charge in [-0.2, -0.15) is 13.9 Å². The summed E-state index contributed by atoms with van der Waals surface area (Å²) in [7, 11) is 0. The predicted octanol–water partition coefficient (Wildman–Crippen LogP) is 4.05. The van der Waals surface area contributed by atoms with Gasteiger partial charge in [-0.3, -0.25) is 4.79 Å². The highest BCUT2D eigenvalue weighted by atomic mass is 35.5. The lowest BCUT2D eigenvalue weighted by molar-refractivity contribution is -0.0528. The zero-order valence-electron chi connectivity index (χ0n) is 13.3. The van der Waals surface area contributed by atoms with E-state index in [-0.39, 0.29) is 35.3 Å². The molecule has 26 heavy (non-hydrogen) atoms. The number of hydrogen-bond acceptors (Lipinski definition) is 4. The van der Waals surface area contributed by atoms with Gasteiger partial charge in [0.15, 0.2) is 0 Å². The molecular formula is C17H13ClF3N3O2. The molecule has 2 aromatic heterocycles.